The number of rotatable bonds is 4. The van der Waals surface area contributed by atoms with Crippen molar-refractivity contribution in [2.45, 2.75) is 32.6 Å². The van der Waals surface area contributed by atoms with Crippen molar-refractivity contribution in [2.75, 3.05) is 30.8 Å². The highest BCUT2D eigenvalue weighted by atomic mass is 16.5. The molecule has 0 atom stereocenters. The molecule has 4 nitrogen and oxygen atoms in total. The standard InChI is InChI=1S/C14H23N3O/c1-3-4-11-7-9-17(10-8-11)14-12(15)5-6-13(16-14)18-2/h5-6,11H,3-4,7-10,15H2,1-2H3. The molecule has 0 radical (unpaired) electrons. The number of ether oxygens (including phenoxy) is 1. The number of nitrogens with two attached hydrogens (primary N) is 1. The molecule has 0 amide bonds. The SMILES string of the molecule is CCCC1CCN(c2nc(OC)ccc2N)CC1. The molecule has 0 unspecified atom stereocenters. The Labute approximate surface area is 109 Å². The normalized spacial score (nSPS) is 16.9. The number of nitrogens with zero attached hydrogens (tertiary/aromatic N) is 2. The Morgan fingerprint density at radius 2 is 2.11 bits per heavy atom. The van der Waals surface area contributed by atoms with Gasteiger partial charge >= 0.3 is 0 Å². The molecule has 1 aliphatic heterocycles. The van der Waals surface area contributed by atoms with Crippen LogP contribution in [0.15, 0.2) is 12.1 Å². The van der Waals surface area contributed by atoms with E-state index in [2.05, 4.69) is 16.8 Å². The number of piperidine rings is 1. The Bertz CT molecular complexity index is 387. The van der Waals surface area contributed by atoms with Crippen molar-refractivity contribution in [3.05, 3.63) is 12.1 Å². The van der Waals surface area contributed by atoms with Crippen LogP contribution in [0.2, 0.25) is 0 Å². The fourth-order valence-corrected chi connectivity index (χ4v) is 2.65. The van der Waals surface area contributed by atoms with Gasteiger partial charge in [0.05, 0.1) is 12.8 Å². The molecule has 0 aliphatic carbocycles. The third-order valence-corrected chi connectivity index (χ3v) is 3.70. The topological polar surface area (TPSA) is 51.4 Å². The Hall–Kier alpha value is -1.45. The van der Waals surface area contributed by atoms with Crippen LogP contribution in [-0.4, -0.2) is 25.2 Å². The highest BCUT2D eigenvalue weighted by Gasteiger charge is 2.21. The van der Waals surface area contributed by atoms with Crippen molar-refractivity contribution in [1.82, 2.24) is 4.98 Å². The van der Waals surface area contributed by atoms with E-state index >= 15 is 0 Å². The number of hydrogen-bond donors (Lipinski definition) is 1. The third kappa shape index (κ3) is 2.86. The molecule has 1 fully saturated rings. The molecule has 1 aliphatic rings. The van der Waals surface area contributed by atoms with E-state index in [1.54, 1.807) is 7.11 Å². The predicted octanol–water partition coefficient (Wildman–Crippen LogP) is 2.69. The summed E-state index contributed by atoms with van der Waals surface area (Å²) in [5.41, 5.74) is 6.75. The van der Waals surface area contributed by atoms with E-state index < -0.39 is 0 Å². The van der Waals surface area contributed by atoms with Gasteiger partial charge in [-0.2, -0.15) is 4.98 Å². The van der Waals surface area contributed by atoms with Crippen LogP contribution in [-0.2, 0) is 0 Å². The number of pyridine rings is 1. The Kier molecular flexibility index (Phi) is 4.28. The van der Waals surface area contributed by atoms with Crippen LogP contribution in [0.25, 0.3) is 0 Å². The molecular formula is C14H23N3O. The molecule has 0 saturated carbocycles. The molecular weight excluding hydrogens is 226 g/mol. The van der Waals surface area contributed by atoms with Crippen molar-refractivity contribution in [2.24, 2.45) is 5.92 Å². The first-order chi connectivity index (χ1) is 8.74. The van der Waals surface area contributed by atoms with E-state index in [4.69, 9.17) is 10.5 Å². The number of nitrogen functional groups attached to an aromatic ring is 1. The van der Waals surface area contributed by atoms with E-state index in [0.717, 1.165) is 30.5 Å². The van der Waals surface area contributed by atoms with Gasteiger partial charge in [-0.25, -0.2) is 0 Å². The minimum atomic E-state index is 0.634. The number of anilines is 2. The summed E-state index contributed by atoms with van der Waals surface area (Å²) in [5, 5.41) is 0. The minimum absolute atomic E-state index is 0.634. The third-order valence-electron chi connectivity index (χ3n) is 3.70. The monoisotopic (exact) mass is 249 g/mol. The first-order valence-electron chi connectivity index (χ1n) is 6.80. The number of aromatic nitrogens is 1. The molecule has 0 aromatic carbocycles. The molecule has 0 spiro atoms. The van der Waals surface area contributed by atoms with Gasteiger partial charge in [0.2, 0.25) is 5.88 Å². The molecule has 0 bridgehead atoms. The van der Waals surface area contributed by atoms with Crippen LogP contribution in [0.5, 0.6) is 5.88 Å². The molecule has 2 N–H and O–H groups in total. The fraction of sp³-hybridized carbons (Fsp3) is 0.643. The van der Waals surface area contributed by atoms with Crippen LogP contribution >= 0.6 is 0 Å². The molecule has 2 heterocycles. The van der Waals surface area contributed by atoms with Crippen molar-refractivity contribution in [1.29, 1.82) is 0 Å². The van der Waals surface area contributed by atoms with Gasteiger partial charge < -0.3 is 15.4 Å². The Balaban J connectivity index is 2.04. The van der Waals surface area contributed by atoms with Crippen molar-refractivity contribution in [3.8, 4) is 5.88 Å². The van der Waals surface area contributed by atoms with E-state index in [1.165, 1.54) is 25.7 Å². The molecule has 1 aromatic heterocycles. The van der Waals surface area contributed by atoms with E-state index in [1.807, 2.05) is 12.1 Å². The first-order valence-corrected chi connectivity index (χ1v) is 6.80. The zero-order chi connectivity index (χ0) is 13.0. The first kappa shape index (κ1) is 13.0. The van der Waals surface area contributed by atoms with Crippen LogP contribution in [0.1, 0.15) is 32.6 Å². The van der Waals surface area contributed by atoms with E-state index in [-0.39, 0.29) is 0 Å². The van der Waals surface area contributed by atoms with Gasteiger partial charge in [0, 0.05) is 19.2 Å². The highest BCUT2D eigenvalue weighted by molar-refractivity contribution is 5.63. The summed E-state index contributed by atoms with van der Waals surface area (Å²) in [6.45, 7) is 4.36. The van der Waals surface area contributed by atoms with Crippen molar-refractivity contribution in [3.63, 3.8) is 0 Å². The summed E-state index contributed by atoms with van der Waals surface area (Å²) >= 11 is 0. The van der Waals surface area contributed by atoms with Crippen LogP contribution in [0.3, 0.4) is 0 Å². The smallest absolute Gasteiger partial charge is 0.215 e. The minimum Gasteiger partial charge on any atom is -0.481 e. The maximum atomic E-state index is 6.01. The average Bonchev–Trinajstić information content (AvgIpc) is 2.41. The van der Waals surface area contributed by atoms with Crippen LogP contribution < -0.4 is 15.4 Å². The zero-order valence-electron chi connectivity index (χ0n) is 11.4. The van der Waals surface area contributed by atoms with Crippen molar-refractivity contribution >= 4 is 11.5 Å². The largest absolute Gasteiger partial charge is 0.481 e. The van der Waals surface area contributed by atoms with Gasteiger partial charge in [0.15, 0.2) is 5.82 Å². The lowest BCUT2D eigenvalue weighted by atomic mass is 9.92. The summed E-state index contributed by atoms with van der Waals surface area (Å²) in [7, 11) is 1.63. The number of methoxy groups -OCH3 is 1. The fourth-order valence-electron chi connectivity index (χ4n) is 2.65. The lowest BCUT2D eigenvalue weighted by Crippen LogP contribution is -2.34. The van der Waals surface area contributed by atoms with Gasteiger partial charge in [-0.05, 0) is 24.8 Å². The average molecular weight is 249 g/mol. The highest BCUT2D eigenvalue weighted by Crippen LogP contribution is 2.29. The Morgan fingerprint density at radius 3 is 2.72 bits per heavy atom. The molecule has 4 heteroatoms. The van der Waals surface area contributed by atoms with Gasteiger partial charge in [0.1, 0.15) is 0 Å². The lowest BCUT2D eigenvalue weighted by Gasteiger charge is -2.33. The van der Waals surface area contributed by atoms with Gasteiger partial charge in [-0.3, -0.25) is 0 Å². The molecule has 1 saturated heterocycles. The summed E-state index contributed by atoms with van der Waals surface area (Å²) in [6, 6.07) is 3.68. The van der Waals surface area contributed by atoms with Gasteiger partial charge in [0.25, 0.3) is 0 Å². The molecule has 100 valence electrons. The predicted molar refractivity (Wildman–Crippen MR) is 75.0 cm³/mol. The molecule has 18 heavy (non-hydrogen) atoms. The van der Waals surface area contributed by atoms with Crippen LogP contribution in [0.4, 0.5) is 11.5 Å². The maximum Gasteiger partial charge on any atom is 0.215 e. The second-order valence-electron chi connectivity index (χ2n) is 4.99. The summed E-state index contributed by atoms with van der Waals surface area (Å²) in [5.74, 6) is 2.39. The maximum absolute atomic E-state index is 6.01. The summed E-state index contributed by atoms with van der Waals surface area (Å²) in [4.78, 5) is 6.75. The summed E-state index contributed by atoms with van der Waals surface area (Å²) in [6.07, 6.45) is 5.11. The molecule has 1 aromatic rings. The van der Waals surface area contributed by atoms with E-state index in [0.29, 0.717) is 5.88 Å². The number of hydrogen-bond acceptors (Lipinski definition) is 4. The summed E-state index contributed by atoms with van der Waals surface area (Å²) < 4.78 is 5.17. The Morgan fingerprint density at radius 1 is 1.39 bits per heavy atom. The zero-order valence-corrected chi connectivity index (χ0v) is 11.4. The van der Waals surface area contributed by atoms with Gasteiger partial charge in [-0.15, -0.1) is 0 Å². The lowest BCUT2D eigenvalue weighted by molar-refractivity contribution is 0.374. The second-order valence-corrected chi connectivity index (χ2v) is 4.99. The van der Waals surface area contributed by atoms with Crippen molar-refractivity contribution < 1.29 is 4.74 Å². The second kappa shape index (κ2) is 5.94. The van der Waals surface area contributed by atoms with Gasteiger partial charge in [-0.1, -0.05) is 19.8 Å². The van der Waals surface area contributed by atoms with E-state index in [9.17, 15) is 0 Å². The molecule has 2 rings (SSSR count). The quantitative estimate of drug-likeness (QED) is 0.891. The van der Waals surface area contributed by atoms with Crippen LogP contribution in [0, 0.1) is 5.92 Å².